The third-order valence-corrected chi connectivity index (χ3v) is 7.18. The lowest BCUT2D eigenvalue weighted by Gasteiger charge is -2.57. The number of nitrogens with zero attached hydrogens (tertiary/aromatic N) is 1. The Balaban J connectivity index is 1.16. The minimum Gasteiger partial charge on any atom is -0.441 e. The Morgan fingerprint density at radius 2 is 2.00 bits per heavy atom. The molecule has 3 aromatic rings. The first-order valence-electron chi connectivity index (χ1n) is 9.41. The highest BCUT2D eigenvalue weighted by Crippen LogP contribution is 2.61. The third kappa shape index (κ3) is 3.34. The summed E-state index contributed by atoms with van der Waals surface area (Å²) in [6, 6.07) is 8.44. The molecule has 0 bridgehead atoms. The predicted octanol–water partition coefficient (Wildman–Crippen LogP) is 4.57. The highest BCUT2D eigenvalue weighted by Gasteiger charge is 2.54. The molecular formula is C20H20ClN3O4S. The average Bonchev–Trinajstić information content (AvgIpc) is 3.21. The van der Waals surface area contributed by atoms with Gasteiger partial charge in [-0.25, -0.2) is 14.0 Å². The summed E-state index contributed by atoms with van der Waals surface area (Å²) in [7, 11) is -2.96. The number of nitrogens with one attached hydrogen (secondary N) is 2. The zero-order chi connectivity index (χ0) is 20.4. The van der Waals surface area contributed by atoms with E-state index in [0.29, 0.717) is 10.9 Å². The van der Waals surface area contributed by atoms with Crippen molar-refractivity contribution in [1.29, 1.82) is 4.78 Å². The van der Waals surface area contributed by atoms with E-state index in [4.69, 9.17) is 25.2 Å². The molecule has 1 spiro atoms. The van der Waals surface area contributed by atoms with Gasteiger partial charge < -0.3 is 14.2 Å². The fraction of sp³-hybridized carbons (Fsp3) is 0.400. The Kier molecular flexibility index (Phi) is 4.08. The number of carbonyl (C=O) groups excluding carboxylic acids is 1. The van der Waals surface area contributed by atoms with Crippen molar-refractivity contribution in [3.8, 4) is 0 Å². The van der Waals surface area contributed by atoms with Crippen LogP contribution >= 0.6 is 11.6 Å². The lowest BCUT2D eigenvalue weighted by molar-refractivity contribution is -0.0256. The smallest absolute Gasteiger partial charge is 0.287 e. The molecule has 2 fully saturated rings. The van der Waals surface area contributed by atoms with Crippen LogP contribution in [0.2, 0.25) is 5.02 Å². The highest BCUT2D eigenvalue weighted by atomic mass is 35.5. The molecule has 0 saturated heterocycles. The van der Waals surface area contributed by atoms with Crippen molar-refractivity contribution in [1.82, 2.24) is 10.3 Å². The molecular weight excluding hydrogens is 414 g/mol. The van der Waals surface area contributed by atoms with E-state index in [9.17, 15) is 9.00 Å². The molecule has 1 aromatic carbocycles. The zero-order valence-electron chi connectivity index (χ0n) is 15.7. The molecule has 2 aliphatic carbocycles. The van der Waals surface area contributed by atoms with Gasteiger partial charge in [0, 0.05) is 23.2 Å². The normalized spacial score (nSPS) is 27.9. The van der Waals surface area contributed by atoms with Crippen LogP contribution < -0.4 is 5.32 Å². The van der Waals surface area contributed by atoms with Crippen molar-refractivity contribution in [2.45, 2.75) is 42.7 Å². The standard InChI is InChI=1S/C20H20ClN3O4S/c1-29(22,26)17-5-4-16(27-17)18(25)23-13-9-20(10-13)7-11(8-20)19-24-14-6-12(21)2-3-15(14)28-19/h2-6,11,13,22H,7-10H2,1H3,(H,23,25)/t11?,13?,20?,29-/m1/s1. The van der Waals surface area contributed by atoms with E-state index in [0.717, 1.165) is 42.7 Å². The Bertz CT molecular complexity index is 1220. The Morgan fingerprint density at radius 1 is 1.24 bits per heavy atom. The number of aromatic nitrogens is 1. The minimum atomic E-state index is -2.96. The minimum absolute atomic E-state index is 0.0224. The lowest BCUT2D eigenvalue weighted by Crippen LogP contribution is -2.55. The molecule has 2 N–H and O–H groups in total. The van der Waals surface area contributed by atoms with Gasteiger partial charge in [0.2, 0.25) is 0 Å². The maximum Gasteiger partial charge on any atom is 0.287 e. The molecule has 5 rings (SSSR count). The van der Waals surface area contributed by atoms with Crippen LogP contribution in [-0.2, 0) is 9.73 Å². The number of amides is 1. The molecule has 152 valence electrons. The van der Waals surface area contributed by atoms with E-state index in [1.165, 1.54) is 18.4 Å². The molecule has 9 heteroatoms. The van der Waals surface area contributed by atoms with Gasteiger partial charge in [0.25, 0.3) is 5.91 Å². The van der Waals surface area contributed by atoms with Gasteiger partial charge in [-0.15, -0.1) is 0 Å². The van der Waals surface area contributed by atoms with Crippen LogP contribution in [0.25, 0.3) is 11.1 Å². The van der Waals surface area contributed by atoms with Gasteiger partial charge in [0.1, 0.15) is 15.2 Å². The van der Waals surface area contributed by atoms with Crippen LogP contribution in [0.1, 0.15) is 48.0 Å². The topological polar surface area (TPSA) is 109 Å². The molecule has 2 aliphatic rings. The molecule has 1 amide bonds. The number of carbonyl (C=O) groups is 1. The van der Waals surface area contributed by atoms with E-state index >= 15 is 0 Å². The van der Waals surface area contributed by atoms with Gasteiger partial charge in [-0.1, -0.05) is 11.6 Å². The molecule has 2 saturated carbocycles. The summed E-state index contributed by atoms with van der Waals surface area (Å²) in [6.45, 7) is 0. The first-order valence-corrected chi connectivity index (χ1v) is 11.8. The highest BCUT2D eigenvalue weighted by molar-refractivity contribution is 7.91. The molecule has 2 heterocycles. The number of hydrogen-bond acceptors (Lipinski definition) is 6. The molecule has 29 heavy (non-hydrogen) atoms. The molecule has 0 radical (unpaired) electrons. The van der Waals surface area contributed by atoms with Crippen molar-refractivity contribution >= 4 is 38.3 Å². The van der Waals surface area contributed by atoms with E-state index in [1.54, 1.807) is 6.07 Å². The van der Waals surface area contributed by atoms with E-state index in [2.05, 4.69) is 10.3 Å². The number of benzene rings is 1. The maximum absolute atomic E-state index is 12.3. The monoisotopic (exact) mass is 433 g/mol. The summed E-state index contributed by atoms with van der Waals surface area (Å²) in [6.07, 6.45) is 5.10. The maximum atomic E-state index is 12.3. The fourth-order valence-corrected chi connectivity index (χ4v) is 5.33. The van der Waals surface area contributed by atoms with E-state index in [1.807, 2.05) is 12.1 Å². The van der Waals surface area contributed by atoms with Crippen LogP contribution in [0, 0.1) is 10.2 Å². The van der Waals surface area contributed by atoms with Crippen LogP contribution in [0.15, 0.2) is 44.3 Å². The lowest BCUT2D eigenvalue weighted by atomic mass is 9.50. The zero-order valence-corrected chi connectivity index (χ0v) is 17.3. The van der Waals surface area contributed by atoms with Crippen LogP contribution in [-0.4, -0.2) is 27.4 Å². The average molecular weight is 434 g/mol. The SMILES string of the molecule is C[S@@](=N)(=O)c1ccc(C(=O)NC2CC3(C2)CC(c2nc4cc(Cl)ccc4o2)C3)o1. The summed E-state index contributed by atoms with van der Waals surface area (Å²) in [4.78, 5) is 16.9. The van der Waals surface area contributed by atoms with Crippen molar-refractivity contribution in [3.05, 3.63) is 47.0 Å². The third-order valence-electron chi connectivity index (χ3n) is 5.96. The molecule has 7 nitrogen and oxygen atoms in total. The molecule has 2 aromatic heterocycles. The second-order valence-corrected chi connectivity index (χ2v) is 10.8. The summed E-state index contributed by atoms with van der Waals surface area (Å²) in [5.74, 6) is 0.841. The number of furan rings is 1. The van der Waals surface area contributed by atoms with Gasteiger partial charge in [-0.2, -0.15) is 0 Å². The first kappa shape index (κ1) is 18.7. The largest absolute Gasteiger partial charge is 0.441 e. The summed E-state index contributed by atoms with van der Waals surface area (Å²) >= 11 is 6.01. The molecule has 1 atom stereocenters. The number of rotatable bonds is 4. The van der Waals surface area contributed by atoms with Crippen LogP contribution in [0.3, 0.4) is 0 Å². The fourth-order valence-electron chi connectivity index (χ4n) is 4.58. The van der Waals surface area contributed by atoms with Crippen molar-refractivity contribution in [3.63, 3.8) is 0 Å². The van der Waals surface area contributed by atoms with Crippen molar-refractivity contribution < 1.29 is 17.8 Å². The van der Waals surface area contributed by atoms with Crippen molar-refractivity contribution in [2.75, 3.05) is 6.26 Å². The first-order chi connectivity index (χ1) is 13.7. The summed E-state index contributed by atoms with van der Waals surface area (Å²) < 4.78 is 30.4. The number of halogens is 1. The van der Waals surface area contributed by atoms with Gasteiger partial charge in [-0.05, 0) is 61.4 Å². The number of oxazole rings is 1. The Labute approximate surface area is 172 Å². The molecule has 0 unspecified atom stereocenters. The Morgan fingerprint density at radius 3 is 2.69 bits per heavy atom. The Hall–Kier alpha value is -2.32. The number of hydrogen-bond donors (Lipinski definition) is 2. The van der Waals surface area contributed by atoms with Gasteiger partial charge in [-0.3, -0.25) is 4.79 Å². The second kappa shape index (κ2) is 6.34. The second-order valence-electron chi connectivity index (χ2n) is 8.31. The van der Waals surface area contributed by atoms with Gasteiger partial charge >= 0.3 is 0 Å². The van der Waals surface area contributed by atoms with Crippen molar-refractivity contribution in [2.24, 2.45) is 5.41 Å². The predicted molar refractivity (Wildman–Crippen MR) is 108 cm³/mol. The number of fused-ring (bicyclic) bond motifs is 1. The van der Waals surface area contributed by atoms with Crippen LogP contribution in [0.5, 0.6) is 0 Å². The quantitative estimate of drug-likeness (QED) is 0.626. The van der Waals surface area contributed by atoms with Gasteiger partial charge in [0.05, 0.1) is 0 Å². The summed E-state index contributed by atoms with van der Waals surface area (Å²) in [5, 5.41) is 3.63. The molecule has 0 aliphatic heterocycles. The van der Waals surface area contributed by atoms with Gasteiger partial charge in [0.15, 0.2) is 22.3 Å². The van der Waals surface area contributed by atoms with Crippen LogP contribution in [0.4, 0.5) is 0 Å². The van der Waals surface area contributed by atoms with E-state index in [-0.39, 0.29) is 28.2 Å². The van der Waals surface area contributed by atoms with E-state index < -0.39 is 9.73 Å². The summed E-state index contributed by atoms with van der Waals surface area (Å²) in [5.41, 5.74) is 1.79.